The van der Waals surface area contributed by atoms with E-state index in [4.69, 9.17) is 57.1 Å². The number of phenolic OH excluding ortho intramolecular Hbond substituents is 1. The average molecular weight is 1810 g/mol. The van der Waals surface area contributed by atoms with E-state index in [1.54, 1.807) is 155 Å². The summed E-state index contributed by atoms with van der Waals surface area (Å²) in [5.41, 5.74) is 4.81. The number of imidazole rings is 1. The number of rotatable bonds is 26. The normalized spacial score (nSPS) is 13.2. The van der Waals surface area contributed by atoms with E-state index in [0.717, 1.165) is 74.7 Å². The zero-order chi connectivity index (χ0) is 84.8. The van der Waals surface area contributed by atoms with Crippen molar-refractivity contribution in [3.05, 3.63) is 168 Å². The second-order valence-corrected chi connectivity index (χ2v) is 30.9. The Kier molecular flexibility index (Phi) is 36.6. The van der Waals surface area contributed by atoms with Crippen molar-refractivity contribution in [2.75, 3.05) is 49.8 Å². The molecule has 0 aliphatic heterocycles. The fourth-order valence-electron chi connectivity index (χ4n) is 11.3. The quantitative estimate of drug-likeness (QED) is 0.0115. The van der Waals surface area contributed by atoms with Crippen molar-refractivity contribution >= 4 is 128 Å². The molecular formula is C82H100I2N6O24. The Morgan fingerprint density at radius 3 is 1.34 bits per heavy atom. The van der Waals surface area contributed by atoms with Crippen molar-refractivity contribution < 1.29 is 115 Å². The predicted molar refractivity (Wildman–Crippen MR) is 439 cm³/mol. The number of carboxylic acid groups (broad SMARTS) is 2. The lowest BCUT2D eigenvalue weighted by Crippen LogP contribution is -2.45. The zero-order valence-electron chi connectivity index (χ0n) is 66.5. The van der Waals surface area contributed by atoms with Gasteiger partial charge in [0.25, 0.3) is 5.91 Å². The molecule has 1 aliphatic carbocycles. The number of nitrogens with zero attached hydrogens (tertiary/aromatic N) is 2. The summed E-state index contributed by atoms with van der Waals surface area (Å²) in [5, 5.41) is 38.6. The van der Waals surface area contributed by atoms with Crippen LogP contribution in [0.15, 0.2) is 126 Å². The number of aromatic nitrogens is 2. The Hall–Kier alpha value is -10.9. The zero-order valence-corrected chi connectivity index (χ0v) is 70.8. The summed E-state index contributed by atoms with van der Waals surface area (Å²) in [5.74, 6) is -2.35. The fourth-order valence-corrected chi connectivity index (χ4v) is 12.6. The first kappa shape index (κ1) is 93.7. The molecule has 2 aromatic heterocycles. The number of nitrogens with one attached hydrogen (secondary N) is 4. The molecule has 0 unspecified atom stereocenters. The number of methoxy groups -OCH3 is 7. The first-order valence-corrected chi connectivity index (χ1v) is 38.0. The van der Waals surface area contributed by atoms with Crippen LogP contribution in [0.3, 0.4) is 0 Å². The summed E-state index contributed by atoms with van der Waals surface area (Å²) in [6.07, 6.45) is 12.7. The van der Waals surface area contributed by atoms with E-state index in [1.807, 2.05) is 52.9 Å². The van der Waals surface area contributed by atoms with Crippen molar-refractivity contribution in [2.24, 2.45) is 0 Å². The summed E-state index contributed by atoms with van der Waals surface area (Å²) in [6.45, 7) is 15.7. The average Bonchev–Trinajstić information content (AvgIpc) is 1.61. The van der Waals surface area contributed by atoms with Gasteiger partial charge in [-0.25, -0.2) is 48.1 Å². The minimum atomic E-state index is -1.22. The minimum Gasteiger partial charge on any atom is -0.507 e. The number of aliphatic carboxylic acids is 2. The van der Waals surface area contributed by atoms with Crippen molar-refractivity contribution in [2.45, 2.75) is 167 Å². The molecule has 0 spiro atoms. The second kappa shape index (κ2) is 44.5. The first-order valence-electron chi connectivity index (χ1n) is 35.8. The van der Waals surface area contributed by atoms with Gasteiger partial charge in [-0.05, 0) is 228 Å². The molecule has 616 valence electrons. The summed E-state index contributed by atoms with van der Waals surface area (Å²) in [7, 11) is 9.62. The summed E-state index contributed by atoms with van der Waals surface area (Å²) in [6, 6.07) is 24.2. The summed E-state index contributed by atoms with van der Waals surface area (Å²) < 4.78 is 59.2. The number of hydrogen-bond acceptors (Lipinski definition) is 23. The molecule has 114 heavy (non-hydrogen) atoms. The highest BCUT2D eigenvalue weighted by molar-refractivity contribution is 14.1. The van der Waals surface area contributed by atoms with E-state index >= 15 is 0 Å². The van der Waals surface area contributed by atoms with Crippen LogP contribution in [-0.2, 0) is 87.6 Å². The van der Waals surface area contributed by atoms with Crippen LogP contribution in [0.5, 0.6) is 23.0 Å². The number of fused-ring (bicyclic) bond motifs is 1. The molecule has 1 saturated carbocycles. The van der Waals surface area contributed by atoms with Crippen LogP contribution in [0, 0.1) is 7.14 Å². The highest BCUT2D eigenvalue weighted by Crippen LogP contribution is 2.37. The molecule has 30 nitrogen and oxygen atoms in total. The number of benzene rings is 5. The van der Waals surface area contributed by atoms with Crippen LogP contribution in [0.2, 0.25) is 0 Å². The molecular weight excluding hydrogens is 1710 g/mol. The van der Waals surface area contributed by atoms with Gasteiger partial charge in [-0.1, -0.05) is 43.5 Å². The van der Waals surface area contributed by atoms with Gasteiger partial charge in [-0.15, -0.1) is 0 Å². The van der Waals surface area contributed by atoms with Gasteiger partial charge in [-0.3, -0.25) is 4.79 Å². The predicted octanol–water partition coefficient (Wildman–Crippen LogP) is 13.3. The molecule has 1 aliphatic rings. The number of amides is 4. The van der Waals surface area contributed by atoms with E-state index in [1.165, 1.54) is 61.2 Å². The topological polar surface area (TPSA) is 403 Å². The monoisotopic (exact) mass is 1810 g/mol. The van der Waals surface area contributed by atoms with Gasteiger partial charge in [0.1, 0.15) is 76.1 Å². The molecule has 0 radical (unpaired) electrons. The van der Waals surface area contributed by atoms with Gasteiger partial charge in [0.15, 0.2) is 0 Å². The molecule has 32 heteroatoms. The molecule has 7 aromatic rings. The number of phenols is 1. The Bertz CT molecular complexity index is 4530. The molecule has 0 bridgehead atoms. The smallest absolute Gasteiger partial charge is 0.408 e. The lowest BCUT2D eigenvalue weighted by atomic mass is 9.95. The highest BCUT2D eigenvalue weighted by atomic mass is 127. The molecule has 5 aromatic carbocycles. The fraction of sp³-hybridized carbons (Fsp3) is 0.402. The maximum atomic E-state index is 13.2. The van der Waals surface area contributed by atoms with Gasteiger partial charge in [0, 0.05) is 60.6 Å². The maximum Gasteiger partial charge on any atom is 0.408 e. The van der Waals surface area contributed by atoms with E-state index in [-0.39, 0.29) is 25.0 Å². The minimum absolute atomic E-state index is 0.0117. The van der Waals surface area contributed by atoms with Gasteiger partial charge >= 0.3 is 54.1 Å². The largest absolute Gasteiger partial charge is 0.507 e. The molecule has 4 atom stereocenters. The van der Waals surface area contributed by atoms with Crippen molar-refractivity contribution in [3.63, 3.8) is 0 Å². The SMILES string of the molecule is COC(=O)/C=C/c1cc(C[C@H](NC(=O)OC(C)(C)C)C(=O)OC)ccc1OC.COC(=O)[C@H](Cc1ccc(O)c(I)c1)NC(=O)OC(C)(C)C.COC(=O)[C@H](Cc1ccc(OC)c(I)c1)NC(=O)OC(C)(C)C.COc1ccc(C[C@H](NC(=O)c2ccc3c(c2)nc(-c2ccoc2)n3C2CCCCC2)C(=O)O)cc1/C=C/C(=O)O. The highest BCUT2D eigenvalue weighted by Gasteiger charge is 2.31. The maximum absolute atomic E-state index is 13.2. The lowest BCUT2D eigenvalue weighted by Gasteiger charge is -2.25. The molecule has 4 amide bonds. The van der Waals surface area contributed by atoms with E-state index < -0.39 is 101 Å². The number of alkyl carbamates (subject to hydrolysis) is 3. The van der Waals surface area contributed by atoms with Crippen LogP contribution in [-0.4, -0.2) is 176 Å². The number of esters is 4. The Balaban J connectivity index is 0.000000282. The second-order valence-electron chi connectivity index (χ2n) is 28.6. The van der Waals surface area contributed by atoms with E-state index in [0.29, 0.717) is 55.3 Å². The van der Waals surface area contributed by atoms with E-state index in [9.17, 15) is 58.2 Å². The standard InChI is InChI=1S/C31H31N3O7.C20H27NO7.C16H22INO5.C15H20INO5/c1-40-27-11-7-19(15-20(27)9-12-28(35)36)16-25(31(38)39)33-30(37)21-8-10-26-24(17-21)32-29(22-13-14-41-18-22)34(26)23-5-3-2-4-6-23;1-20(2,3)28-19(24)21-15(18(23)27-6)12-13-7-9-16(25-4)14(11-13)8-10-17(22)26-5;1-16(2,3)23-15(20)18-12(14(19)22-5)9-10-6-7-13(21-4)11(17)8-10;1-15(2,3)22-14(20)17-11(13(19)21-4)8-9-5-6-12(18)10(16)7-9/h7-15,17-18,23,25H,2-6,16H2,1H3,(H,33,37)(H,35,36)(H,38,39);7-11,15H,12H2,1-6H3,(H,21,24);6-8,12H,9H2,1-5H3,(H,18,20);5-7,11,18H,8H2,1-4H3,(H,17,20)/b12-9+;10-8+;;/t25-;15-;12-;11-/m0000/s1. The molecule has 0 saturated heterocycles. The molecule has 8 rings (SSSR count). The third-order valence-electron chi connectivity index (χ3n) is 16.4. The Morgan fingerprint density at radius 2 is 0.947 bits per heavy atom. The first-order chi connectivity index (χ1) is 53.7. The van der Waals surface area contributed by atoms with Crippen molar-refractivity contribution in [1.29, 1.82) is 0 Å². The van der Waals surface area contributed by atoms with E-state index in [2.05, 4.69) is 53.2 Å². The van der Waals surface area contributed by atoms with Crippen molar-refractivity contribution in [1.82, 2.24) is 30.8 Å². The number of furan rings is 1. The van der Waals surface area contributed by atoms with Crippen LogP contribution in [0.4, 0.5) is 14.4 Å². The summed E-state index contributed by atoms with van der Waals surface area (Å²) in [4.78, 5) is 124. The number of hydrogen-bond donors (Lipinski definition) is 7. The van der Waals surface area contributed by atoms with Crippen LogP contribution >= 0.6 is 45.2 Å². The number of aromatic hydroxyl groups is 1. The van der Waals surface area contributed by atoms with Crippen molar-refractivity contribution in [3.8, 4) is 34.4 Å². The molecule has 2 heterocycles. The third-order valence-corrected chi connectivity index (χ3v) is 18.1. The van der Waals surface area contributed by atoms with Crippen LogP contribution in [0.25, 0.3) is 34.6 Å². The van der Waals surface area contributed by atoms with Gasteiger partial charge in [-0.2, -0.15) is 0 Å². The summed E-state index contributed by atoms with van der Waals surface area (Å²) >= 11 is 4.14. The van der Waals surface area contributed by atoms with Gasteiger partial charge in [0.2, 0.25) is 0 Å². The molecule has 7 N–H and O–H groups in total. The number of carbonyl (C=O) groups is 10. The Morgan fingerprint density at radius 1 is 0.518 bits per heavy atom. The number of carbonyl (C=O) groups excluding carboxylic acids is 8. The van der Waals surface area contributed by atoms with Gasteiger partial charge < -0.3 is 92.9 Å². The number of ether oxygens (including phenoxy) is 10. The molecule has 1 fully saturated rings. The lowest BCUT2D eigenvalue weighted by molar-refractivity contribution is -0.143. The Labute approximate surface area is 688 Å². The number of halogens is 2. The van der Waals surface area contributed by atoms with Crippen LogP contribution in [0.1, 0.15) is 144 Å². The number of carboxylic acids is 2. The van der Waals surface area contributed by atoms with Gasteiger partial charge in [0.05, 0.1) is 79.8 Å². The van der Waals surface area contributed by atoms with Crippen LogP contribution < -0.4 is 35.5 Å². The third kappa shape index (κ3) is 31.2.